The zero-order valence-corrected chi connectivity index (χ0v) is 13.7. The summed E-state index contributed by atoms with van der Waals surface area (Å²) < 4.78 is 2.03. The second kappa shape index (κ2) is 6.29. The molecule has 0 bridgehead atoms. The highest BCUT2D eigenvalue weighted by Gasteiger charge is 2.11. The molecule has 0 fully saturated rings. The Morgan fingerprint density at radius 1 is 1.04 bits per heavy atom. The minimum Gasteiger partial charge on any atom is -0.331 e. The van der Waals surface area contributed by atoms with Crippen molar-refractivity contribution in [3.63, 3.8) is 0 Å². The number of hydrogen-bond donors (Lipinski definition) is 1. The van der Waals surface area contributed by atoms with Crippen molar-refractivity contribution in [2.45, 2.75) is 6.54 Å². The molecular formula is C19H15N3OS. The normalized spacial score (nSPS) is 11.5. The summed E-state index contributed by atoms with van der Waals surface area (Å²) in [6, 6.07) is 18.2. The molecule has 0 radical (unpaired) electrons. The van der Waals surface area contributed by atoms with Gasteiger partial charge in [-0.2, -0.15) is 16.4 Å². The SMILES string of the molecule is O=C(Cn1c2ccccc2c2ccccc21)NN=Cc1ccsc1. The monoisotopic (exact) mass is 333 g/mol. The van der Waals surface area contributed by atoms with Gasteiger partial charge in [0.25, 0.3) is 5.91 Å². The van der Waals surface area contributed by atoms with E-state index in [1.165, 1.54) is 0 Å². The summed E-state index contributed by atoms with van der Waals surface area (Å²) in [4.78, 5) is 12.3. The topological polar surface area (TPSA) is 46.4 Å². The van der Waals surface area contributed by atoms with Gasteiger partial charge in [-0.05, 0) is 29.0 Å². The van der Waals surface area contributed by atoms with Crippen molar-refractivity contribution >= 4 is 45.3 Å². The third kappa shape index (κ3) is 2.70. The van der Waals surface area contributed by atoms with Gasteiger partial charge in [0.1, 0.15) is 6.54 Å². The molecule has 4 rings (SSSR count). The molecule has 2 aromatic heterocycles. The van der Waals surface area contributed by atoms with E-state index in [-0.39, 0.29) is 12.5 Å². The molecule has 0 aliphatic rings. The fourth-order valence-electron chi connectivity index (χ4n) is 2.88. The van der Waals surface area contributed by atoms with Crippen molar-refractivity contribution < 1.29 is 4.79 Å². The Morgan fingerprint density at radius 2 is 1.71 bits per heavy atom. The molecule has 0 aliphatic carbocycles. The molecule has 2 aromatic carbocycles. The molecule has 24 heavy (non-hydrogen) atoms. The predicted octanol–water partition coefficient (Wildman–Crippen LogP) is 4.01. The lowest BCUT2D eigenvalue weighted by atomic mass is 10.2. The van der Waals surface area contributed by atoms with Crippen LogP contribution in [-0.4, -0.2) is 16.7 Å². The number of aromatic nitrogens is 1. The quantitative estimate of drug-likeness (QED) is 0.445. The fraction of sp³-hybridized carbons (Fsp3) is 0.0526. The molecule has 2 heterocycles. The third-order valence-corrected chi connectivity index (χ3v) is 4.63. The molecule has 4 nitrogen and oxygen atoms in total. The number of benzene rings is 2. The third-order valence-electron chi connectivity index (χ3n) is 3.93. The fourth-order valence-corrected chi connectivity index (χ4v) is 3.49. The minimum atomic E-state index is -0.145. The molecule has 0 spiro atoms. The van der Waals surface area contributed by atoms with Crippen LogP contribution in [0.5, 0.6) is 0 Å². The van der Waals surface area contributed by atoms with E-state index in [4.69, 9.17) is 0 Å². The zero-order valence-electron chi connectivity index (χ0n) is 12.8. The molecule has 0 saturated heterocycles. The van der Waals surface area contributed by atoms with Gasteiger partial charge < -0.3 is 4.57 Å². The maximum atomic E-state index is 12.3. The van der Waals surface area contributed by atoms with Crippen LogP contribution in [0.25, 0.3) is 21.8 Å². The Bertz CT molecular complexity index is 978. The maximum Gasteiger partial charge on any atom is 0.260 e. The van der Waals surface area contributed by atoms with Crippen molar-refractivity contribution in [3.05, 3.63) is 70.9 Å². The summed E-state index contributed by atoms with van der Waals surface area (Å²) in [5, 5.41) is 10.3. The van der Waals surface area contributed by atoms with Gasteiger partial charge in [-0.15, -0.1) is 0 Å². The lowest BCUT2D eigenvalue weighted by Crippen LogP contribution is -2.23. The van der Waals surface area contributed by atoms with Crippen LogP contribution >= 0.6 is 11.3 Å². The Balaban J connectivity index is 1.62. The predicted molar refractivity (Wildman–Crippen MR) is 99.5 cm³/mol. The van der Waals surface area contributed by atoms with E-state index in [2.05, 4.69) is 22.7 Å². The van der Waals surface area contributed by atoms with Crippen LogP contribution in [0.1, 0.15) is 5.56 Å². The number of thiophene rings is 1. The van der Waals surface area contributed by atoms with E-state index in [0.717, 1.165) is 27.4 Å². The first-order valence-electron chi connectivity index (χ1n) is 7.63. The molecule has 0 saturated carbocycles. The summed E-state index contributed by atoms with van der Waals surface area (Å²) in [6.07, 6.45) is 1.65. The first-order valence-corrected chi connectivity index (χ1v) is 8.57. The highest BCUT2D eigenvalue weighted by Crippen LogP contribution is 2.28. The number of amides is 1. The number of carbonyl (C=O) groups excluding carboxylic acids is 1. The van der Waals surface area contributed by atoms with E-state index < -0.39 is 0 Å². The van der Waals surface area contributed by atoms with Gasteiger partial charge in [-0.3, -0.25) is 4.79 Å². The summed E-state index contributed by atoms with van der Waals surface area (Å²) >= 11 is 1.60. The Morgan fingerprint density at radius 3 is 2.33 bits per heavy atom. The van der Waals surface area contributed by atoms with Crippen LogP contribution in [0.15, 0.2) is 70.5 Å². The number of hydrogen-bond acceptors (Lipinski definition) is 3. The number of rotatable bonds is 4. The van der Waals surface area contributed by atoms with Crippen molar-refractivity contribution in [1.82, 2.24) is 9.99 Å². The van der Waals surface area contributed by atoms with Gasteiger partial charge in [-0.25, -0.2) is 5.43 Å². The van der Waals surface area contributed by atoms with Gasteiger partial charge in [0, 0.05) is 27.4 Å². The number of nitrogens with zero attached hydrogens (tertiary/aromatic N) is 2. The molecule has 1 amide bonds. The molecule has 4 aromatic rings. The van der Waals surface area contributed by atoms with Crippen LogP contribution in [0.3, 0.4) is 0 Å². The average molecular weight is 333 g/mol. The van der Waals surface area contributed by atoms with E-state index in [1.54, 1.807) is 17.6 Å². The van der Waals surface area contributed by atoms with Gasteiger partial charge >= 0.3 is 0 Å². The maximum absolute atomic E-state index is 12.3. The standard InChI is InChI=1S/C19H15N3OS/c23-19(21-20-11-14-9-10-24-13-14)12-22-17-7-3-1-5-15(17)16-6-2-4-8-18(16)22/h1-11,13H,12H2,(H,21,23). The summed E-state index contributed by atoms with van der Waals surface area (Å²) in [5.41, 5.74) is 5.69. The lowest BCUT2D eigenvalue weighted by Gasteiger charge is -2.06. The van der Waals surface area contributed by atoms with Crippen molar-refractivity contribution in [3.8, 4) is 0 Å². The summed E-state index contributed by atoms with van der Waals surface area (Å²) in [6.45, 7) is 0.231. The minimum absolute atomic E-state index is 0.145. The van der Waals surface area contributed by atoms with Crippen molar-refractivity contribution in [2.75, 3.05) is 0 Å². The average Bonchev–Trinajstić information content (AvgIpc) is 3.23. The van der Waals surface area contributed by atoms with Gasteiger partial charge in [0.2, 0.25) is 0 Å². The molecule has 0 unspecified atom stereocenters. The zero-order chi connectivity index (χ0) is 16.4. The van der Waals surface area contributed by atoms with E-state index >= 15 is 0 Å². The molecule has 5 heteroatoms. The first-order chi connectivity index (χ1) is 11.8. The summed E-state index contributed by atoms with van der Waals surface area (Å²) in [5.74, 6) is -0.145. The van der Waals surface area contributed by atoms with Crippen LogP contribution in [-0.2, 0) is 11.3 Å². The van der Waals surface area contributed by atoms with Gasteiger partial charge in [-0.1, -0.05) is 36.4 Å². The second-order valence-corrected chi connectivity index (χ2v) is 6.25. The summed E-state index contributed by atoms with van der Waals surface area (Å²) in [7, 11) is 0. The van der Waals surface area contributed by atoms with E-state index in [1.807, 2.05) is 57.8 Å². The lowest BCUT2D eigenvalue weighted by molar-refractivity contribution is -0.121. The Labute approximate surface area is 143 Å². The highest BCUT2D eigenvalue weighted by atomic mass is 32.1. The number of hydrazone groups is 1. The smallest absolute Gasteiger partial charge is 0.260 e. The number of carbonyl (C=O) groups is 1. The number of fused-ring (bicyclic) bond motifs is 3. The first kappa shape index (κ1) is 14.7. The van der Waals surface area contributed by atoms with Crippen LogP contribution in [0, 0.1) is 0 Å². The van der Waals surface area contributed by atoms with Crippen LogP contribution in [0.2, 0.25) is 0 Å². The molecule has 0 atom stereocenters. The highest BCUT2D eigenvalue weighted by molar-refractivity contribution is 7.08. The molecule has 1 N–H and O–H groups in total. The van der Waals surface area contributed by atoms with Crippen molar-refractivity contribution in [2.24, 2.45) is 5.10 Å². The van der Waals surface area contributed by atoms with Gasteiger partial charge in [0.15, 0.2) is 0 Å². The molecule has 118 valence electrons. The number of para-hydroxylation sites is 2. The Hall–Kier alpha value is -2.92. The van der Waals surface area contributed by atoms with Gasteiger partial charge in [0.05, 0.1) is 6.21 Å². The van der Waals surface area contributed by atoms with E-state index in [0.29, 0.717) is 0 Å². The second-order valence-electron chi connectivity index (χ2n) is 5.47. The molecule has 0 aliphatic heterocycles. The number of nitrogens with one attached hydrogen (secondary N) is 1. The Kier molecular flexibility index (Phi) is 3.84. The van der Waals surface area contributed by atoms with Crippen LogP contribution in [0.4, 0.5) is 0 Å². The van der Waals surface area contributed by atoms with Crippen molar-refractivity contribution in [1.29, 1.82) is 0 Å². The largest absolute Gasteiger partial charge is 0.331 e. The molecular weight excluding hydrogens is 318 g/mol. The van der Waals surface area contributed by atoms with Crippen LogP contribution < -0.4 is 5.43 Å². The van der Waals surface area contributed by atoms with E-state index in [9.17, 15) is 4.79 Å².